The van der Waals surface area contributed by atoms with Gasteiger partial charge in [0, 0.05) is 36.8 Å². The number of hydrogen-bond donors (Lipinski definition) is 0. The topological polar surface area (TPSA) is 64.4 Å². The van der Waals surface area contributed by atoms with Gasteiger partial charge in [-0.05, 0) is 43.5 Å². The second-order valence-corrected chi connectivity index (χ2v) is 10.8. The van der Waals surface area contributed by atoms with E-state index in [4.69, 9.17) is 4.74 Å². The third-order valence-corrected chi connectivity index (χ3v) is 6.90. The van der Waals surface area contributed by atoms with Gasteiger partial charge in [0.25, 0.3) is 0 Å². The molecular weight excluding hydrogens is 486 g/mol. The molecule has 0 bridgehead atoms. The molecule has 1 aliphatic rings. The number of carbonyl (C=O) groups is 2. The summed E-state index contributed by atoms with van der Waals surface area (Å²) in [5.74, 6) is 0.0966. The van der Waals surface area contributed by atoms with Crippen molar-refractivity contribution in [2.45, 2.75) is 38.3 Å². The lowest BCUT2D eigenvalue weighted by molar-refractivity contribution is -0.117. The predicted molar refractivity (Wildman–Crippen MR) is 152 cm³/mol. The average molecular weight is 520 g/mol. The molecule has 0 N–H and O–H groups in total. The Balaban J connectivity index is 1.58. The minimum absolute atomic E-state index is 0.0966. The van der Waals surface area contributed by atoms with Gasteiger partial charge in [-0.15, -0.1) is 0 Å². The molecular formula is C33H33N3O3. The maximum atomic E-state index is 13.2. The second kappa shape index (κ2) is 10.8. The molecule has 39 heavy (non-hydrogen) atoms. The van der Waals surface area contributed by atoms with Gasteiger partial charge in [-0.1, -0.05) is 91.0 Å². The first kappa shape index (κ1) is 26.3. The Bertz CT molecular complexity index is 1370. The minimum Gasteiger partial charge on any atom is -0.442 e. The van der Waals surface area contributed by atoms with E-state index >= 15 is 0 Å². The summed E-state index contributed by atoms with van der Waals surface area (Å²) >= 11 is 0. The van der Waals surface area contributed by atoms with E-state index in [0.29, 0.717) is 30.6 Å². The van der Waals surface area contributed by atoms with Crippen molar-refractivity contribution in [3.63, 3.8) is 0 Å². The van der Waals surface area contributed by atoms with Crippen LogP contribution in [0.3, 0.4) is 0 Å². The van der Waals surface area contributed by atoms with Gasteiger partial charge in [0.05, 0.1) is 11.7 Å². The summed E-state index contributed by atoms with van der Waals surface area (Å²) in [6.45, 7) is 6.47. The molecule has 0 radical (unpaired) electrons. The summed E-state index contributed by atoms with van der Waals surface area (Å²) in [5, 5.41) is 4.17. The van der Waals surface area contributed by atoms with Crippen LogP contribution in [0.1, 0.15) is 49.4 Å². The maximum Gasteiger partial charge on any atom is 0.435 e. The molecule has 0 spiro atoms. The van der Waals surface area contributed by atoms with E-state index in [1.54, 1.807) is 12.4 Å². The Morgan fingerprint density at radius 1 is 0.846 bits per heavy atom. The third-order valence-electron chi connectivity index (χ3n) is 6.90. The van der Waals surface area contributed by atoms with Crippen molar-refractivity contribution in [3.8, 4) is 0 Å². The Kier molecular flexibility index (Phi) is 7.31. The van der Waals surface area contributed by atoms with E-state index in [-0.39, 0.29) is 5.78 Å². The van der Waals surface area contributed by atoms with Gasteiger partial charge in [-0.25, -0.2) is 4.79 Å². The van der Waals surface area contributed by atoms with Gasteiger partial charge >= 0.3 is 6.09 Å². The summed E-state index contributed by atoms with van der Waals surface area (Å²) in [6, 6.07) is 31.4. The van der Waals surface area contributed by atoms with Gasteiger partial charge in [-0.2, -0.15) is 9.78 Å². The van der Waals surface area contributed by atoms with Gasteiger partial charge in [0.15, 0.2) is 5.78 Å². The number of likely N-dealkylation sites (tertiary alicyclic amines) is 1. The highest BCUT2D eigenvalue weighted by molar-refractivity contribution is 6.00. The lowest BCUT2D eigenvalue weighted by Gasteiger charge is -2.47. The molecule has 0 atom stereocenters. The first-order chi connectivity index (χ1) is 18.8. The van der Waals surface area contributed by atoms with Crippen LogP contribution in [-0.2, 0) is 15.1 Å². The molecule has 0 aliphatic carbocycles. The zero-order valence-electron chi connectivity index (χ0n) is 22.6. The zero-order chi connectivity index (χ0) is 27.5. The lowest BCUT2D eigenvalue weighted by atomic mass is 9.74. The van der Waals surface area contributed by atoms with Gasteiger partial charge in [0.1, 0.15) is 5.60 Å². The molecule has 0 amide bonds. The molecule has 3 aromatic carbocycles. The lowest BCUT2D eigenvalue weighted by Crippen LogP contribution is -2.52. The van der Waals surface area contributed by atoms with E-state index in [1.165, 1.54) is 4.68 Å². The molecule has 1 aromatic heterocycles. The molecule has 2 heterocycles. The van der Waals surface area contributed by atoms with Crippen LogP contribution in [0.25, 0.3) is 6.08 Å². The number of benzene rings is 3. The number of aromatic nitrogens is 2. The molecule has 4 aromatic rings. The van der Waals surface area contributed by atoms with Crippen molar-refractivity contribution in [2.24, 2.45) is 0 Å². The highest BCUT2D eigenvalue weighted by Crippen LogP contribution is 2.44. The van der Waals surface area contributed by atoms with Gasteiger partial charge in [-0.3, -0.25) is 9.69 Å². The zero-order valence-corrected chi connectivity index (χ0v) is 22.6. The first-order valence-electron chi connectivity index (χ1n) is 13.2. The summed E-state index contributed by atoms with van der Waals surface area (Å²) in [6.07, 6.45) is 4.86. The summed E-state index contributed by atoms with van der Waals surface area (Å²) in [4.78, 5) is 28.0. The Morgan fingerprint density at radius 2 is 1.36 bits per heavy atom. The van der Waals surface area contributed by atoms with Crippen molar-refractivity contribution in [1.82, 2.24) is 14.7 Å². The fourth-order valence-electron chi connectivity index (χ4n) is 5.29. The quantitative estimate of drug-likeness (QED) is 0.228. The molecule has 198 valence electrons. The number of carbonyl (C=O) groups excluding carboxylic acids is 2. The Morgan fingerprint density at radius 3 is 1.85 bits per heavy atom. The van der Waals surface area contributed by atoms with Crippen LogP contribution in [0.4, 0.5) is 4.79 Å². The molecule has 1 saturated heterocycles. The number of hydrogen-bond acceptors (Lipinski definition) is 5. The van der Waals surface area contributed by atoms with Crippen molar-refractivity contribution in [3.05, 3.63) is 131 Å². The molecule has 6 nitrogen and oxygen atoms in total. The van der Waals surface area contributed by atoms with Crippen LogP contribution in [0.15, 0.2) is 109 Å². The number of rotatable bonds is 5. The monoisotopic (exact) mass is 519 g/mol. The van der Waals surface area contributed by atoms with Crippen LogP contribution < -0.4 is 0 Å². The Labute approximate surface area is 229 Å². The normalized spacial score (nSPS) is 15.9. The van der Waals surface area contributed by atoms with Crippen LogP contribution in [0.5, 0.6) is 0 Å². The molecule has 5 rings (SSSR count). The van der Waals surface area contributed by atoms with Crippen molar-refractivity contribution >= 4 is 18.0 Å². The van der Waals surface area contributed by atoms with Crippen LogP contribution in [-0.4, -0.2) is 45.2 Å². The highest BCUT2D eigenvalue weighted by Gasteiger charge is 2.44. The average Bonchev–Trinajstić information content (AvgIpc) is 3.41. The van der Waals surface area contributed by atoms with Crippen LogP contribution in [0, 0.1) is 0 Å². The largest absolute Gasteiger partial charge is 0.442 e. The number of ketones is 1. The minimum atomic E-state index is -0.628. The van der Waals surface area contributed by atoms with Crippen molar-refractivity contribution in [1.29, 1.82) is 0 Å². The third kappa shape index (κ3) is 5.47. The summed E-state index contributed by atoms with van der Waals surface area (Å²) < 4.78 is 6.59. The first-order valence-corrected chi connectivity index (χ1v) is 13.2. The fourth-order valence-corrected chi connectivity index (χ4v) is 5.29. The van der Waals surface area contributed by atoms with Crippen LogP contribution >= 0.6 is 0 Å². The van der Waals surface area contributed by atoms with E-state index in [0.717, 1.165) is 16.7 Å². The summed E-state index contributed by atoms with van der Waals surface area (Å²) in [7, 11) is 0. The Hall–Kier alpha value is -4.29. The standard InChI is InChI=1S/C33H33N3O3/c1-32(2,3)39-31(38)36-23-25(22-34-36)21-26-24-35(20-19-30(26)37)33(27-13-7-4-8-14-27,28-15-9-5-10-16-28)29-17-11-6-12-18-29/h4-18,21-23H,19-20,24H2,1-3H3/b26-21-. The number of piperidine rings is 1. The van der Waals surface area contributed by atoms with E-state index in [2.05, 4.69) is 82.8 Å². The summed E-state index contributed by atoms with van der Waals surface area (Å²) in [5.41, 5.74) is 3.52. The van der Waals surface area contributed by atoms with E-state index in [9.17, 15) is 9.59 Å². The van der Waals surface area contributed by atoms with E-state index < -0.39 is 17.2 Å². The van der Waals surface area contributed by atoms with Crippen molar-refractivity contribution in [2.75, 3.05) is 13.1 Å². The van der Waals surface area contributed by atoms with Gasteiger partial charge < -0.3 is 4.74 Å². The molecule has 1 fully saturated rings. The van der Waals surface area contributed by atoms with E-state index in [1.807, 2.05) is 45.0 Å². The number of nitrogens with zero attached hydrogens (tertiary/aromatic N) is 3. The van der Waals surface area contributed by atoms with Gasteiger partial charge in [0.2, 0.25) is 0 Å². The molecule has 1 aliphatic heterocycles. The molecule has 0 unspecified atom stereocenters. The number of Topliss-reactive ketones (excluding diaryl/α,β-unsaturated/α-hetero) is 1. The maximum absolute atomic E-state index is 13.2. The highest BCUT2D eigenvalue weighted by atomic mass is 16.6. The number of ether oxygens (including phenoxy) is 1. The smallest absolute Gasteiger partial charge is 0.435 e. The predicted octanol–water partition coefficient (Wildman–Crippen LogP) is 6.32. The van der Waals surface area contributed by atoms with Crippen molar-refractivity contribution < 1.29 is 14.3 Å². The second-order valence-electron chi connectivity index (χ2n) is 10.8. The van der Waals surface area contributed by atoms with Crippen LogP contribution in [0.2, 0.25) is 0 Å². The SMILES string of the molecule is CC(C)(C)OC(=O)n1cc(/C=C2/CN(C(c3ccccc3)(c3ccccc3)c3ccccc3)CCC2=O)cn1. The molecule has 6 heteroatoms. The fraction of sp³-hybridized carbons (Fsp3) is 0.242. The molecule has 0 saturated carbocycles.